The molecule has 2 heterocycles. The number of hydrogen-bond donors (Lipinski definition) is 1. The van der Waals surface area contributed by atoms with Crippen LogP contribution in [0.4, 0.5) is 0 Å². The summed E-state index contributed by atoms with van der Waals surface area (Å²) in [6.07, 6.45) is 5.75. The van der Waals surface area contributed by atoms with E-state index in [-0.39, 0.29) is 0 Å². The minimum absolute atomic E-state index is 0.509. The van der Waals surface area contributed by atoms with Gasteiger partial charge in [0.05, 0.1) is 11.9 Å². The van der Waals surface area contributed by atoms with Crippen molar-refractivity contribution in [3.8, 4) is 0 Å². The molecule has 0 radical (unpaired) electrons. The third-order valence-corrected chi connectivity index (χ3v) is 2.45. The third-order valence-electron chi connectivity index (χ3n) is 2.45. The highest BCUT2D eigenvalue weighted by atomic mass is 15.2. The SMILES string of the molecule is Cc1cnc(C(=N)N2CCCC2)cn1. The van der Waals surface area contributed by atoms with Crippen LogP contribution in [0.5, 0.6) is 0 Å². The standard InChI is InChI=1S/C10H14N4/c1-8-6-13-9(7-12-8)10(11)14-4-2-3-5-14/h6-7,11H,2-5H2,1H3. The average Bonchev–Trinajstić information content (AvgIpc) is 2.71. The van der Waals surface area contributed by atoms with Gasteiger partial charge in [-0.1, -0.05) is 0 Å². The molecule has 14 heavy (non-hydrogen) atoms. The molecule has 0 spiro atoms. The molecule has 1 saturated heterocycles. The van der Waals surface area contributed by atoms with Gasteiger partial charge in [-0.25, -0.2) is 4.98 Å². The highest BCUT2D eigenvalue weighted by Gasteiger charge is 2.16. The molecular formula is C10H14N4. The van der Waals surface area contributed by atoms with E-state index < -0.39 is 0 Å². The van der Waals surface area contributed by atoms with Crippen LogP contribution < -0.4 is 0 Å². The molecule has 0 amide bonds. The van der Waals surface area contributed by atoms with Crippen molar-refractivity contribution < 1.29 is 0 Å². The average molecular weight is 190 g/mol. The normalized spacial score (nSPS) is 15.9. The highest BCUT2D eigenvalue weighted by Crippen LogP contribution is 2.10. The van der Waals surface area contributed by atoms with E-state index in [4.69, 9.17) is 5.41 Å². The first-order valence-corrected chi connectivity index (χ1v) is 4.90. The summed E-state index contributed by atoms with van der Waals surface area (Å²) in [6.45, 7) is 3.86. The van der Waals surface area contributed by atoms with Crippen molar-refractivity contribution in [1.82, 2.24) is 14.9 Å². The summed E-state index contributed by atoms with van der Waals surface area (Å²) in [5.74, 6) is 0.509. The van der Waals surface area contributed by atoms with Gasteiger partial charge in [-0.3, -0.25) is 10.4 Å². The molecule has 0 atom stereocenters. The van der Waals surface area contributed by atoms with Gasteiger partial charge in [-0.2, -0.15) is 0 Å². The van der Waals surface area contributed by atoms with Gasteiger partial charge in [-0.15, -0.1) is 0 Å². The molecule has 1 aliphatic rings. The van der Waals surface area contributed by atoms with Crippen LogP contribution in [0.2, 0.25) is 0 Å². The van der Waals surface area contributed by atoms with Gasteiger partial charge < -0.3 is 4.90 Å². The second-order valence-corrected chi connectivity index (χ2v) is 3.59. The largest absolute Gasteiger partial charge is 0.355 e. The van der Waals surface area contributed by atoms with Crippen molar-refractivity contribution >= 4 is 5.84 Å². The van der Waals surface area contributed by atoms with E-state index >= 15 is 0 Å². The van der Waals surface area contributed by atoms with E-state index in [0.717, 1.165) is 18.8 Å². The second kappa shape index (κ2) is 3.74. The topological polar surface area (TPSA) is 52.9 Å². The molecule has 74 valence electrons. The van der Waals surface area contributed by atoms with Crippen LogP contribution in [0.1, 0.15) is 24.2 Å². The van der Waals surface area contributed by atoms with E-state index in [0.29, 0.717) is 11.5 Å². The summed E-state index contributed by atoms with van der Waals surface area (Å²) in [7, 11) is 0. The number of nitrogens with zero attached hydrogens (tertiary/aromatic N) is 3. The van der Waals surface area contributed by atoms with Crippen LogP contribution in [0.25, 0.3) is 0 Å². The van der Waals surface area contributed by atoms with Gasteiger partial charge >= 0.3 is 0 Å². The maximum Gasteiger partial charge on any atom is 0.148 e. The van der Waals surface area contributed by atoms with Gasteiger partial charge in [0, 0.05) is 19.3 Å². The van der Waals surface area contributed by atoms with E-state index in [9.17, 15) is 0 Å². The first kappa shape index (κ1) is 9.12. The summed E-state index contributed by atoms with van der Waals surface area (Å²) < 4.78 is 0. The Labute approximate surface area is 83.5 Å². The molecule has 0 saturated carbocycles. The molecule has 4 nitrogen and oxygen atoms in total. The number of amidine groups is 1. The first-order valence-electron chi connectivity index (χ1n) is 4.90. The lowest BCUT2D eigenvalue weighted by molar-refractivity contribution is 0.515. The van der Waals surface area contributed by atoms with Gasteiger partial charge in [0.25, 0.3) is 0 Å². The molecule has 4 heteroatoms. The second-order valence-electron chi connectivity index (χ2n) is 3.59. The Hall–Kier alpha value is -1.45. The number of aromatic nitrogens is 2. The third kappa shape index (κ3) is 1.73. The zero-order valence-corrected chi connectivity index (χ0v) is 8.32. The van der Waals surface area contributed by atoms with Crippen LogP contribution in [0.15, 0.2) is 12.4 Å². The van der Waals surface area contributed by atoms with Crippen molar-refractivity contribution in [2.75, 3.05) is 13.1 Å². The lowest BCUT2D eigenvalue weighted by atomic mass is 10.3. The monoisotopic (exact) mass is 190 g/mol. The van der Waals surface area contributed by atoms with Crippen molar-refractivity contribution in [2.24, 2.45) is 0 Å². The van der Waals surface area contributed by atoms with Crippen LogP contribution in [0, 0.1) is 12.3 Å². The van der Waals surface area contributed by atoms with Crippen LogP contribution in [-0.4, -0.2) is 33.8 Å². The predicted molar refractivity (Wildman–Crippen MR) is 54.4 cm³/mol. The van der Waals surface area contributed by atoms with Gasteiger partial charge in [0.1, 0.15) is 11.5 Å². The number of hydrogen-bond acceptors (Lipinski definition) is 3. The number of likely N-dealkylation sites (tertiary alicyclic amines) is 1. The quantitative estimate of drug-likeness (QED) is 0.535. The minimum Gasteiger partial charge on any atom is -0.355 e. The molecule has 0 bridgehead atoms. The Bertz CT molecular complexity index is 324. The van der Waals surface area contributed by atoms with Crippen molar-refractivity contribution in [2.45, 2.75) is 19.8 Å². The van der Waals surface area contributed by atoms with E-state index in [2.05, 4.69) is 14.9 Å². The summed E-state index contributed by atoms with van der Waals surface area (Å²) in [5.41, 5.74) is 1.57. The maximum atomic E-state index is 7.92. The fourth-order valence-corrected chi connectivity index (χ4v) is 1.62. The van der Waals surface area contributed by atoms with E-state index in [1.54, 1.807) is 12.4 Å². The first-order chi connectivity index (χ1) is 6.77. The van der Waals surface area contributed by atoms with Crippen LogP contribution >= 0.6 is 0 Å². The van der Waals surface area contributed by atoms with Crippen molar-refractivity contribution in [3.05, 3.63) is 23.8 Å². The minimum atomic E-state index is 0.509. The van der Waals surface area contributed by atoms with Crippen LogP contribution in [-0.2, 0) is 0 Å². The van der Waals surface area contributed by atoms with Crippen molar-refractivity contribution in [1.29, 1.82) is 5.41 Å². The lowest BCUT2D eigenvalue weighted by Gasteiger charge is -2.17. The zero-order valence-electron chi connectivity index (χ0n) is 8.32. The molecule has 0 aromatic carbocycles. The van der Waals surface area contributed by atoms with Gasteiger partial charge in [0.2, 0.25) is 0 Å². The molecule has 1 N–H and O–H groups in total. The highest BCUT2D eigenvalue weighted by molar-refractivity contribution is 5.94. The van der Waals surface area contributed by atoms with Gasteiger partial charge in [0.15, 0.2) is 0 Å². The van der Waals surface area contributed by atoms with Crippen LogP contribution in [0.3, 0.4) is 0 Å². The molecule has 0 unspecified atom stereocenters. The number of aryl methyl sites for hydroxylation is 1. The smallest absolute Gasteiger partial charge is 0.148 e. The molecular weight excluding hydrogens is 176 g/mol. The van der Waals surface area contributed by atoms with E-state index in [1.165, 1.54) is 12.8 Å². The van der Waals surface area contributed by atoms with E-state index in [1.807, 2.05) is 6.92 Å². The van der Waals surface area contributed by atoms with Gasteiger partial charge in [-0.05, 0) is 19.8 Å². The molecule has 2 rings (SSSR count). The fraction of sp³-hybridized carbons (Fsp3) is 0.500. The molecule has 0 aliphatic carbocycles. The lowest BCUT2D eigenvalue weighted by Crippen LogP contribution is -2.28. The Morgan fingerprint density at radius 2 is 2.00 bits per heavy atom. The number of rotatable bonds is 1. The Morgan fingerprint density at radius 3 is 2.57 bits per heavy atom. The summed E-state index contributed by atoms with van der Waals surface area (Å²) in [5, 5.41) is 7.92. The Morgan fingerprint density at radius 1 is 1.29 bits per heavy atom. The van der Waals surface area contributed by atoms with Crippen molar-refractivity contribution in [3.63, 3.8) is 0 Å². The zero-order chi connectivity index (χ0) is 9.97. The maximum absolute atomic E-state index is 7.92. The summed E-state index contributed by atoms with van der Waals surface area (Å²) >= 11 is 0. The fourth-order valence-electron chi connectivity index (χ4n) is 1.62. The molecule has 1 aliphatic heterocycles. The summed E-state index contributed by atoms with van der Waals surface area (Å²) in [6, 6.07) is 0. The summed E-state index contributed by atoms with van der Waals surface area (Å²) in [4.78, 5) is 10.4. The Kier molecular flexibility index (Phi) is 2.43. The predicted octanol–water partition coefficient (Wildman–Crippen LogP) is 1.21. The molecule has 1 aromatic heterocycles. The molecule has 1 aromatic rings. The number of nitrogens with one attached hydrogen (secondary N) is 1. The molecule has 1 fully saturated rings. The Balaban J connectivity index is 2.14.